The molecule has 8 aromatic rings. The molecule has 0 amide bonds. The molecule has 0 fully saturated rings. The van der Waals surface area contributed by atoms with E-state index in [4.69, 9.17) is 79.4 Å². The molecule has 0 saturated heterocycles. The van der Waals surface area contributed by atoms with Gasteiger partial charge in [-0.05, 0) is 44.0 Å². The van der Waals surface area contributed by atoms with Gasteiger partial charge in [0.25, 0.3) is 0 Å². The molecule has 59 heavy (non-hydrogen) atoms. The number of aromatic nitrogens is 8. The number of hydrogen-bond donors (Lipinski definition) is 0. The number of benzene rings is 5. The minimum Gasteiger partial charge on any atom is -0.454 e. The van der Waals surface area contributed by atoms with Crippen LogP contribution in [0.4, 0.5) is 0 Å². The van der Waals surface area contributed by atoms with Crippen LogP contribution in [-0.4, -0.2) is 29.9 Å². The fourth-order valence-corrected chi connectivity index (χ4v) is 8.35. The molecule has 5 aromatic carbocycles. The van der Waals surface area contributed by atoms with Gasteiger partial charge in [0.1, 0.15) is 10.8 Å². The van der Waals surface area contributed by atoms with E-state index in [1.165, 1.54) is 5.56 Å². The average molecular weight is 886 g/mol. The Labute approximate surface area is 367 Å². The zero-order chi connectivity index (χ0) is 40.2. The third-order valence-corrected chi connectivity index (χ3v) is 11.7. The van der Waals surface area contributed by atoms with Crippen LogP contribution in [0.15, 0.2) is 91.0 Å². The fourth-order valence-electron chi connectivity index (χ4n) is 7.50. The number of fused-ring (bicyclic) bond motifs is 20. The standard InChI is InChI=1S/C46H33Cl3N8O.Zn/c1-45(2,3)22-19-20-30(29(21-22)46(4,5)6)58-36-34(48)32-31(33(47)35(36)49)43-55-41-27-17-11-9-15-25(27)39(53-41)51-37-23-13-7-8-14-24(23)38(50-37)52-40-26-16-10-12-18-28(26)42(54-40)56-44(32)57-43;/h7-21H,1-6H3;/q-2;+2. The SMILES string of the molecule is CC(C)(C)c1ccc(Oc2c(Cl)c(Cl)c3c(c2Cl)-c2nc-3nc3[n-]c(nc4nc(nc5[n-]c(n2)c2ccccc52)-c2ccccc2-4)c2ccccc32)c(C(C)(C)C)c1.[Zn+2]. The van der Waals surface area contributed by atoms with Crippen LogP contribution in [0.25, 0.3) is 89.7 Å². The van der Waals surface area contributed by atoms with Crippen molar-refractivity contribution in [2.24, 2.45) is 0 Å². The van der Waals surface area contributed by atoms with Gasteiger partial charge in [0.15, 0.2) is 5.75 Å². The summed E-state index contributed by atoms with van der Waals surface area (Å²) in [5, 5.41) is 3.53. The van der Waals surface area contributed by atoms with Crippen molar-refractivity contribution in [3.05, 3.63) is 117 Å². The van der Waals surface area contributed by atoms with Crippen LogP contribution in [0, 0.1) is 0 Å². The first-order valence-electron chi connectivity index (χ1n) is 18.8. The van der Waals surface area contributed by atoms with Crippen LogP contribution in [-0.2, 0) is 30.3 Å². The van der Waals surface area contributed by atoms with Crippen LogP contribution in [0.2, 0.25) is 15.1 Å². The number of nitrogens with zero attached hydrogens (tertiary/aromatic N) is 8. The molecule has 0 N–H and O–H groups in total. The van der Waals surface area contributed by atoms with Crippen molar-refractivity contribution < 1.29 is 24.2 Å². The zero-order valence-corrected chi connectivity index (χ0v) is 38.2. The van der Waals surface area contributed by atoms with E-state index in [1.807, 2.05) is 78.9 Å². The normalized spacial score (nSPS) is 12.4. The molecule has 0 aliphatic carbocycles. The van der Waals surface area contributed by atoms with Crippen LogP contribution < -0.4 is 14.7 Å². The summed E-state index contributed by atoms with van der Waals surface area (Å²) in [6.45, 7) is 13.0. The quantitative estimate of drug-likeness (QED) is 0.124. The molecule has 10 rings (SSSR count). The van der Waals surface area contributed by atoms with Crippen molar-refractivity contribution in [1.29, 1.82) is 0 Å². The van der Waals surface area contributed by atoms with Gasteiger partial charge in [-0.1, -0.05) is 161 Å². The molecule has 0 spiro atoms. The van der Waals surface area contributed by atoms with Crippen molar-refractivity contribution in [2.75, 3.05) is 0 Å². The molecular weight excluding hydrogens is 852 g/mol. The Balaban J connectivity index is 0.00000449. The van der Waals surface area contributed by atoms with E-state index < -0.39 is 0 Å². The second-order valence-electron chi connectivity index (χ2n) is 16.5. The van der Waals surface area contributed by atoms with Crippen LogP contribution in [0.1, 0.15) is 52.7 Å². The van der Waals surface area contributed by atoms with E-state index in [1.54, 1.807) is 0 Å². The Morgan fingerprint density at radius 1 is 0.475 bits per heavy atom. The van der Waals surface area contributed by atoms with E-state index in [2.05, 4.69) is 53.7 Å². The molecule has 13 heteroatoms. The summed E-state index contributed by atoms with van der Waals surface area (Å²) in [6, 6.07) is 29.6. The van der Waals surface area contributed by atoms with E-state index in [0.717, 1.165) is 38.2 Å². The molecule has 0 saturated carbocycles. The molecule has 8 bridgehead atoms. The van der Waals surface area contributed by atoms with Crippen molar-refractivity contribution in [3.63, 3.8) is 0 Å². The Morgan fingerprint density at radius 3 is 1.36 bits per heavy atom. The maximum atomic E-state index is 7.42. The van der Waals surface area contributed by atoms with Crippen molar-refractivity contribution in [1.82, 2.24) is 39.9 Å². The monoisotopic (exact) mass is 882 g/mol. The van der Waals surface area contributed by atoms with Gasteiger partial charge in [0, 0.05) is 50.4 Å². The van der Waals surface area contributed by atoms with Crippen molar-refractivity contribution in [3.8, 4) is 57.1 Å². The van der Waals surface area contributed by atoms with Crippen LogP contribution in [0.5, 0.6) is 11.5 Å². The van der Waals surface area contributed by atoms with Gasteiger partial charge >= 0.3 is 19.5 Å². The fraction of sp³-hybridized carbons (Fsp3) is 0.174. The molecule has 286 valence electrons. The first kappa shape index (κ1) is 39.2. The molecule has 3 aromatic heterocycles. The Kier molecular flexibility index (Phi) is 9.44. The Bertz CT molecular complexity index is 3240. The molecule has 2 aliphatic heterocycles. The molecule has 9 nitrogen and oxygen atoms in total. The maximum Gasteiger partial charge on any atom is 2.00 e. The van der Waals surface area contributed by atoms with E-state index in [9.17, 15) is 0 Å². The summed E-state index contributed by atoms with van der Waals surface area (Å²) in [5.41, 5.74) is 5.91. The minimum absolute atomic E-state index is 0. The van der Waals surface area contributed by atoms with Crippen molar-refractivity contribution >= 4 is 78.9 Å². The molecular formula is C46H33Cl3N8OZn. The number of halogens is 3. The maximum absolute atomic E-state index is 7.42. The summed E-state index contributed by atoms with van der Waals surface area (Å²) < 4.78 is 6.71. The summed E-state index contributed by atoms with van der Waals surface area (Å²) >= 11 is 21.8. The first-order valence-corrected chi connectivity index (χ1v) is 19.9. The van der Waals surface area contributed by atoms with Gasteiger partial charge in [-0.15, -0.1) is 0 Å². The third kappa shape index (κ3) is 6.49. The molecule has 0 unspecified atom stereocenters. The summed E-state index contributed by atoms with van der Waals surface area (Å²) in [4.78, 5) is 40.0. The summed E-state index contributed by atoms with van der Waals surface area (Å²) in [6.07, 6.45) is 0. The van der Waals surface area contributed by atoms with Crippen LogP contribution in [0.3, 0.4) is 0 Å². The second kappa shape index (κ2) is 14.2. The summed E-state index contributed by atoms with van der Waals surface area (Å²) in [7, 11) is 0. The van der Waals surface area contributed by atoms with Crippen molar-refractivity contribution in [2.45, 2.75) is 52.4 Å². The van der Waals surface area contributed by atoms with E-state index in [-0.39, 0.29) is 62.8 Å². The van der Waals surface area contributed by atoms with Gasteiger partial charge in [-0.2, -0.15) is 0 Å². The smallest absolute Gasteiger partial charge is 0.454 e. The zero-order valence-electron chi connectivity index (χ0n) is 33.0. The minimum atomic E-state index is -0.279. The average Bonchev–Trinajstić information content (AvgIpc) is 3.93. The molecule has 0 atom stereocenters. The van der Waals surface area contributed by atoms with E-state index >= 15 is 0 Å². The summed E-state index contributed by atoms with van der Waals surface area (Å²) in [5.74, 6) is 2.18. The number of hydrogen-bond acceptors (Lipinski definition) is 7. The molecule has 5 heterocycles. The predicted molar refractivity (Wildman–Crippen MR) is 233 cm³/mol. The third-order valence-electron chi connectivity index (χ3n) is 10.5. The molecule has 0 radical (unpaired) electrons. The predicted octanol–water partition coefficient (Wildman–Crippen LogP) is 12.5. The first-order chi connectivity index (χ1) is 27.7. The van der Waals surface area contributed by atoms with Gasteiger partial charge < -0.3 is 34.6 Å². The topological polar surface area (TPSA) is 115 Å². The number of rotatable bonds is 2. The van der Waals surface area contributed by atoms with Gasteiger partial charge in [0.2, 0.25) is 0 Å². The Morgan fingerprint density at radius 2 is 0.898 bits per heavy atom. The van der Waals surface area contributed by atoms with Gasteiger partial charge in [-0.25, -0.2) is 9.97 Å². The number of ether oxygens (including phenoxy) is 1. The molecule has 2 aliphatic rings. The van der Waals surface area contributed by atoms with Gasteiger partial charge in [0.05, 0.1) is 33.3 Å². The second-order valence-corrected chi connectivity index (χ2v) is 17.6. The van der Waals surface area contributed by atoms with Crippen LogP contribution >= 0.6 is 34.8 Å². The van der Waals surface area contributed by atoms with E-state index in [0.29, 0.717) is 51.1 Å². The Hall–Kier alpha value is -5.25. The largest absolute Gasteiger partial charge is 2.00 e. The van der Waals surface area contributed by atoms with Gasteiger partial charge in [-0.3, -0.25) is 0 Å².